The molecule has 1 amide bonds. The molecule has 2 aliphatic rings. The van der Waals surface area contributed by atoms with Gasteiger partial charge in [-0.2, -0.15) is 4.31 Å². The summed E-state index contributed by atoms with van der Waals surface area (Å²) in [5, 5.41) is 18.1. The Morgan fingerprint density at radius 1 is 1.18 bits per heavy atom. The van der Waals surface area contributed by atoms with Crippen LogP contribution in [0.1, 0.15) is 19.3 Å². The van der Waals surface area contributed by atoms with E-state index in [4.69, 9.17) is 5.11 Å². The third-order valence-electron chi connectivity index (χ3n) is 4.96. The van der Waals surface area contributed by atoms with E-state index in [0.29, 0.717) is 23.0 Å². The number of amides is 1. The van der Waals surface area contributed by atoms with Gasteiger partial charge in [-0.05, 0) is 37.5 Å². The predicted octanol–water partition coefficient (Wildman–Crippen LogP) is 0.182. The summed E-state index contributed by atoms with van der Waals surface area (Å²) in [6.07, 6.45) is 2.34. The van der Waals surface area contributed by atoms with E-state index in [9.17, 15) is 27.9 Å². The molecule has 1 saturated heterocycles. The van der Waals surface area contributed by atoms with E-state index >= 15 is 0 Å². The zero-order valence-electron chi connectivity index (χ0n) is 15.2. The number of likely N-dealkylation sites (N-methyl/N-ethyl adjacent to an activating group) is 1. The molecule has 152 valence electrons. The number of sulfonamides is 1. The van der Waals surface area contributed by atoms with Crippen LogP contribution in [-0.2, 0) is 24.4 Å². The number of carboxylic acid groups (broad SMARTS) is 2. The molecular formula is C17H21N3O7S. The smallest absolute Gasteiger partial charge is 0.323 e. The number of piperidine rings is 1. The maximum atomic E-state index is 12.9. The quantitative estimate of drug-likeness (QED) is 0.677. The minimum absolute atomic E-state index is 0.200. The van der Waals surface area contributed by atoms with Crippen molar-refractivity contribution >= 4 is 39.2 Å². The van der Waals surface area contributed by atoms with Crippen LogP contribution < -0.4 is 9.80 Å². The molecule has 1 atom stereocenters. The van der Waals surface area contributed by atoms with E-state index in [1.54, 1.807) is 6.07 Å². The Bertz CT molecular complexity index is 931. The van der Waals surface area contributed by atoms with Crippen LogP contribution >= 0.6 is 0 Å². The Morgan fingerprint density at radius 3 is 2.54 bits per heavy atom. The van der Waals surface area contributed by atoms with Gasteiger partial charge in [-0.15, -0.1) is 0 Å². The van der Waals surface area contributed by atoms with Crippen molar-refractivity contribution in [2.24, 2.45) is 0 Å². The fraction of sp³-hybridized carbons (Fsp3) is 0.471. The van der Waals surface area contributed by atoms with Crippen LogP contribution in [0.3, 0.4) is 0 Å². The number of anilines is 2. The lowest BCUT2D eigenvalue weighted by Crippen LogP contribution is -2.56. The molecule has 0 saturated carbocycles. The molecule has 28 heavy (non-hydrogen) atoms. The van der Waals surface area contributed by atoms with Gasteiger partial charge >= 0.3 is 11.9 Å². The zero-order valence-corrected chi connectivity index (χ0v) is 16.1. The summed E-state index contributed by atoms with van der Waals surface area (Å²) in [6.45, 7) is -0.675. The summed E-state index contributed by atoms with van der Waals surface area (Å²) < 4.78 is 26.0. The van der Waals surface area contributed by atoms with E-state index in [1.165, 1.54) is 12.1 Å². The molecule has 1 unspecified atom stereocenters. The molecule has 3 rings (SSSR count). The van der Waals surface area contributed by atoms with E-state index in [0.717, 1.165) is 24.8 Å². The third kappa shape index (κ3) is 3.54. The average Bonchev–Trinajstić information content (AvgIpc) is 2.63. The Hall–Kier alpha value is -2.66. The molecule has 0 radical (unpaired) electrons. The number of benzene rings is 1. The Balaban J connectivity index is 2.08. The van der Waals surface area contributed by atoms with Gasteiger partial charge < -0.3 is 15.1 Å². The highest BCUT2D eigenvalue weighted by atomic mass is 32.2. The van der Waals surface area contributed by atoms with E-state index in [1.807, 2.05) is 4.90 Å². The van der Waals surface area contributed by atoms with Crippen molar-refractivity contribution in [3.05, 3.63) is 18.2 Å². The van der Waals surface area contributed by atoms with Crippen molar-refractivity contribution < 1.29 is 33.0 Å². The zero-order chi connectivity index (χ0) is 20.6. The average molecular weight is 411 g/mol. The van der Waals surface area contributed by atoms with E-state index in [-0.39, 0.29) is 16.5 Å². The van der Waals surface area contributed by atoms with Gasteiger partial charge in [0.1, 0.15) is 19.1 Å². The topological polar surface area (TPSA) is 136 Å². The number of hydrogen-bond donors (Lipinski definition) is 2. The molecule has 0 aromatic heterocycles. The monoisotopic (exact) mass is 411 g/mol. The highest BCUT2D eigenvalue weighted by molar-refractivity contribution is 7.89. The number of hydrogen-bond acceptors (Lipinski definition) is 6. The van der Waals surface area contributed by atoms with Crippen molar-refractivity contribution in [2.45, 2.75) is 30.2 Å². The van der Waals surface area contributed by atoms with Crippen molar-refractivity contribution in [3.63, 3.8) is 0 Å². The van der Waals surface area contributed by atoms with Gasteiger partial charge in [0.25, 0.3) is 0 Å². The molecule has 10 nitrogen and oxygen atoms in total. The molecule has 0 bridgehead atoms. The highest BCUT2D eigenvalue weighted by Crippen LogP contribution is 2.40. The van der Waals surface area contributed by atoms with Gasteiger partial charge in [0.05, 0.1) is 16.3 Å². The highest BCUT2D eigenvalue weighted by Gasteiger charge is 2.40. The standard InChI is InChI=1S/C17H21N3O7S/c1-18(9-15(21)22)28(26,27)11-5-6-12-14(8-11)20(10-16(23)24)17(25)13-4-2-3-7-19(12)13/h5-6,8,13H,2-4,7,9-10H2,1H3,(H,21,22)(H,23,24). The molecule has 1 aromatic rings. The van der Waals surface area contributed by atoms with Crippen LogP contribution in [0.5, 0.6) is 0 Å². The molecule has 2 aliphatic heterocycles. The maximum Gasteiger partial charge on any atom is 0.323 e. The summed E-state index contributed by atoms with van der Waals surface area (Å²) in [5.41, 5.74) is 0.806. The molecule has 0 aliphatic carbocycles. The van der Waals surface area contributed by atoms with Gasteiger partial charge in [-0.25, -0.2) is 8.42 Å². The summed E-state index contributed by atoms with van der Waals surface area (Å²) in [4.78, 5) is 37.8. The van der Waals surface area contributed by atoms with Crippen molar-refractivity contribution in [3.8, 4) is 0 Å². The van der Waals surface area contributed by atoms with Crippen LogP contribution in [0.15, 0.2) is 23.1 Å². The molecule has 11 heteroatoms. The van der Waals surface area contributed by atoms with Crippen molar-refractivity contribution in [2.75, 3.05) is 36.5 Å². The fourth-order valence-electron chi connectivity index (χ4n) is 3.65. The third-order valence-corrected chi connectivity index (χ3v) is 6.76. The Kier molecular flexibility index (Phi) is 5.31. The van der Waals surface area contributed by atoms with Crippen molar-refractivity contribution in [1.29, 1.82) is 0 Å². The Labute approximate surface area is 162 Å². The lowest BCUT2D eigenvalue weighted by molar-refractivity contribution is -0.137. The SMILES string of the molecule is CN(CC(=O)O)S(=O)(=O)c1ccc2c(c1)N(CC(=O)O)C(=O)C1CCCCN21. The normalized spacial score (nSPS) is 19.4. The number of fused-ring (bicyclic) bond motifs is 3. The summed E-state index contributed by atoms with van der Waals surface area (Å²) in [5.74, 6) is -2.88. The van der Waals surface area contributed by atoms with Gasteiger partial charge in [-0.3, -0.25) is 19.3 Å². The first kappa shape index (κ1) is 20.1. The summed E-state index contributed by atoms with van der Waals surface area (Å²) in [6, 6.07) is 3.69. The molecular weight excluding hydrogens is 390 g/mol. The lowest BCUT2D eigenvalue weighted by Gasteiger charge is -2.45. The second-order valence-electron chi connectivity index (χ2n) is 6.83. The minimum atomic E-state index is -4.12. The summed E-state index contributed by atoms with van der Waals surface area (Å²) >= 11 is 0. The maximum absolute atomic E-state index is 12.9. The number of carbonyl (C=O) groups is 3. The van der Waals surface area contributed by atoms with Gasteiger partial charge in [-0.1, -0.05) is 0 Å². The first-order valence-corrected chi connectivity index (χ1v) is 10.2. The van der Waals surface area contributed by atoms with Crippen LogP contribution in [-0.4, -0.2) is 73.5 Å². The molecule has 2 heterocycles. The Morgan fingerprint density at radius 2 is 1.89 bits per heavy atom. The fourth-order valence-corrected chi connectivity index (χ4v) is 4.79. The molecule has 0 spiro atoms. The van der Waals surface area contributed by atoms with Gasteiger partial charge in [0, 0.05) is 13.6 Å². The molecule has 1 fully saturated rings. The number of carbonyl (C=O) groups excluding carboxylic acids is 1. The largest absolute Gasteiger partial charge is 0.480 e. The number of aliphatic carboxylic acids is 2. The minimum Gasteiger partial charge on any atom is -0.480 e. The molecule has 2 N–H and O–H groups in total. The van der Waals surface area contributed by atoms with Crippen LogP contribution in [0.2, 0.25) is 0 Å². The predicted molar refractivity (Wildman–Crippen MR) is 98.9 cm³/mol. The second kappa shape index (κ2) is 7.40. The number of rotatable bonds is 6. The summed E-state index contributed by atoms with van der Waals surface area (Å²) in [7, 11) is -2.98. The second-order valence-corrected chi connectivity index (χ2v) is 8.87. The van der Waals surface area contributed by atoms with Crippen LogP contribution in [0, 0.1) is 0 Å². The number of carboxylic acids is 2. The van der Waals surface area contributed by atoms with Gasteiger partial charge in [0.15, 0.2) is 0 Å². The van der Waals surface area contributed by atoms with E-state index in [2.05, 4.69) is 0 Å². The first-order chi connectivity index (χ1) is 13.1. The van der Waals surface area contributed by atoms with Crippen LogP contribution in [0.4, 0.5) is 11.4 Å². The van der Waals surface area contributed by atoms with Gasteiger partial charge in [0.2, 0.25) is 15.9 Å². The molecule has 1 aromatic carbocycles. The lowest BCUT2D eigenvalue weighted by atomic mass is 9.96. The van der Waals surface area contributed by atoms with Crippen molar-refractivity contribution in [1.82, 2.24) is 4.31 Å². The number of nitrogens with zero attached hydrogens (tertiary/aromatic N) is 3. The van der Waals surface area contributed by atoms with Crippen LogP contribution in [0.25, 0.3) is 0 Å². The van der Waals surface area contributed by atoms with E-state index < -0.39 is 41.1 Å². The first-order valence-electron chi connectivity index (χ1n) is 8.75.